The molecule has 0 amide bonds. The van der Waals surface area contributed by atoms with Gasteiger partial charge in [0.25, 0.3) is 0 Å². The van der Waals surface area contributed by atoms with Gasteiger partial charge in [-0.3, -0.25) is 8.51 Å². The average molecular weight is 346 g/mol. The molecule has 0 fully saturated rings. The van der Waals surface area contributed by atoms with E-state index in [1.54, 1.807) is 31.2 Å². The van der Waals surface area contributed by atoms with E-state index in [9.17, 15) is 13.6 Å². The van der Waals surface area contributed by atoms with Gasteiger partial charge in [0, 0.05) is 16.3 Å². The third kappa shape index (κ3) is 3.59. The molecule has 2 rings (SSSR count). The zero-order valence-corrected chi connectivity index (χ0v) is 13.2. The molecule has 112 valence electrons. The van der Waals surface area contributed by atoms with Crippen molar-refractivity contribution in [1.29, 1.82) is 0 Å². The number of hydrogen-bond acceptors (Lipinski definition) is 5. The van der Waals surface area contributed by atoms with Gasteiger partial charge < -0.3 is 9.66 Å². The first-order valence-electron chi connectivity index (χ1n) is 5.71. The second-order valence-corrected chi connectivity index (χ2v) is 6.50. The van der Waals surface area contributed by atoms with Crippen molar-refractivity contribution >= 4 is 45.2 Å². The van der Waals surface area contributed by atoms with Crippen LogP contribution in [-0.4, -0.2) is 24.8 Å². The molecular formula is C12H10ClN2O4S2-. The highest BCUT2D eigenvalue weighted by Gasteiger charge is 2.22. The molecule has 0 spiro atoms. The van der Waals surface area contributed by atoms with Gasteiger partial charge in [0.2, 0.25) is 0 Å². The molecule has 0 aliphatic rings. The highest BCUT2D eigenvalue weighted by atomic mass is 35.5. The van der Waals surface area contributed by atoms with Gasteiger partial charge >= 0.3 is 5.97 Å². The standard InChI is InChI=1S/C12H11ClN2O4S2/c1-7-14-10(12(16)17)11(20-7)15(21(18)19)6-8-4-2-3-5-9(8)13/h2-5H,6H2,1H3,(H,16,17)(H,18,19)/p-1. The number of carbonyl (C=O) groups is 1. The Morgan fingerprint density at radius 3 is 2.76 bits per heavy atom. The summed E-state index contributed by atoms with van der Waals surface area (Å²) >= 11 is 4.37. The summed E-state index contributed by atoms with van der Waals surface area (Å²) in [5.74, 6) is -1.27. The Kier molecular flexibility index (Phi) is 4.94. The Labute approximate surface area is 132 Å². The minimum Gasteiger partial charge on any atom is -0.755 e. The van der Waals surface area contributed by atoms with Gasteiger partial charge in [-0.2, -0.15) is 0 Å². The summed E-state index contributed by atoms with van der Waals surface area (Å²) in [5.41, 5.74) is 0.291. The van der Waals surface area contributed by atoms with E-state index in [2.05, 4.69) is 4.98 Å². The van der Waals surface area contributed by atoms with Crippen LogP contribution in [0.1, 0.15) is 21.1 Å². The third-order valence-electron chi connectivity index (χ3n) is 2.60. The van der Waals surface area contributed by atoms with Crippen LogP contribution in [0.2, 0.25) is 5.02 Å². The number of aryl methyl sites for hydroxylation is 1. The third-order valence-corrected chi connectivity index (χ3v) is 4.75. The summed E-state index contributed by atoms with van der Waals surface area (Å²) < 4.78 is 23.9. The Morgan fingerprint density at radius 2 is 2.19 bits per heavy atom. The van der Waals surface area contributed by atoms with Gasteiger partial charge in [-0.15, -0.1) is 11.3 Å². The molecule has 0 saturated heterocycles. The van der Waals surface area contributed by atoms with E-state index in [0.29, 0.717) is 15.6 Å². The fourth-order valence-electron chi connectivity index (χ4n) is 1.70. The van der Waals surface area contributed by atoms with Crippen LogP contribution in [0.25, 0.3) is 0 Å². The molecule has 21 heavy (non-hydrogen) atoms. The van der Waals surface area contributed by atoms with Gasteiger partial charge in [0.1, 0.15) is 5.00 Å². The van der Waals surface area contributed by atoms with Crippen LogP contribution in [0, 0.1) is 6.92 Å². The van der Waals surface area contributed by atoms with E-state index in [1.807, 2.05) is 0 Å². The molecule has 1 aromatic heterocycles. The van der Waals surface area contributed by atoms with Crippen LogP contribution in [0.5, 0.6) is 0 Å². The highest BCUT2D eigenvalue weighted by Crippen LogP contribution is 2.31. The number of benzene rings is 1. The molecule has 1 aromatic carbocycles. The summed E-state index contributed by atoms with van der Waals surface area (Å²) in [6.07, 6.45) is 0. The number of carboxylic acids is 1. The molecule has 0 aliphatic heterocycles. The molecule has 0 bridgehead atoms. The Morgan fingerprint density at radius 1 is 1.52 bits per heavy atom. The van der Waals surface area contributed by atoms with Crippen molar-refractivity contribution in [3.63, 3.8) is 0 Å². The van der Waals surface area contributed by atoms with Crippen molar-refractivity contribution < 1.29 is 18.7 Å². The molecule has 6 nitrogen and oxygen atoms in total. The Balaban J connectivity index is 2.43. The molecule has 0 aliphatic carbocycles. The summed E-state index contributed by atoms with van der Waals surface area (Å²) in [5, 5.41) is 10.1. The van der Waals surface area contributed by atoms with Crippen molar-refractivity contribution in [2.75, 3.05) is 4.31 Å². The normalized spacial score (nSPS) is 12.1. The molecule has 2 aromatic rings. The maximum atomic E-state index is 11.5. The smallest absolute Gasteiger partial charge is 0.357 e. The number of aromatic nitrogens is 1. The second-order valence-electron chi connectivity index (χ2n) is 4.04. The van der Waals surface area contributed by atoms with Crippen LogP contribution in [0.15, 0.2) is 24.3 Å². The Hall–Kier alpha value is -1.48. The quantitative estimate of drug-likeness (QED) is 0.840. The lowest BCUT2D eigenvalue weighted by atomic mass is 10.2. The van der Waals surface area contributed by atoms with E-state index in [4.69, 9.17) is 16.7 Å². The number of nitrogens with zero attached hydrogens (tertiary/aromatic N) is 2. The monoisotopic (exact) mass is 345 g/mol. The maximum absolute atomic E-state index is 11.5. The lowest BCUT2D eigenvalue weighted by Crippen LogP contribution is -2.25. The van der Waals surface area contributed by atoms with Crippen molar-refractivity contribution in [3.05, 3.63) is 45.6 Å². The lowest BCUT2D eigenvalue weighted by Gasteiger charge is -2.25. The van der Waals surface area contributed by atoms with Crippen molar-refractivity contribution in [1.82, 2.24) is 4.98 Å². The van der Waals surface area contributed by atoms with E-state index in [-0.39, 0.29) is 17.2 Å². The maximum Gasteiger partial charge on any atom is 0.357 e. The van der Waals surface area contributed by atoms with E-state index < -0.39 is 17.2 Å². The molecule has 0 radical (unpaired) electrons. The minimum absolute atomic E-state index is 0.0578. The molecule has 0 saturated carbocycles. The zero-order valence-electron chi connectivity index (χ0n) is 10.8. The average Bonchev–Trinajstić information content (AvgIpc) is 2.79. The molecule has 1 heterocycles. The van der Waals surface area contributed by atoms with E-state index in [0.717, 1.165) is 15.6 Å². The van der Waals surface area contributed by atoms with Gasteiger partial charge in [0.15, 0.2) is 5.69 Å². The van der Waals surface area contributed by atoms with E-state index >= 15 is 0 Å². The van der Waals surface area contributed by atoms with Crippen molar-refractivity contribution in [2.24, 2.45) is 0 Å². The topological polar surface area (TPSA) is 93.6 Å². The van der Waals surface area contributed by atoms with Crippen LogP contribution >= 0.6 is 22.9 Å². The number of thiazole rings is 1. The summed E-state index contributed by atoms with van der Waals surface area (Å²) in [4.78, 5) is 15.0. The fraction of sp³-hybridized carbons (Fsp3) is 0.167. The number of carboxylic acid groups (broad SMARTS) is 1. The second kappa shape index (κ2) is 6.52. The molecule has 1 unspecified atom stereocenters. The van der Waals surface area contributed by atoms with E-state index in [1.165, 1.54) is 0 Å². The van der Waals surface area contributed by atoms with Gasteiger partial charge in [0.05, 0.1) is 11.6 Å². The summed E-state index contributed by atoms with van der Waals surface area (Å²) in [7, 11) is 0. The van der Waals surface area contributed by atoms with Crippen LogP contribution in [0.3, 0.4) is 0 Å². The SMILES string of the molecule is Cc1nc(C(=O)O)c(N(Cc2ccccc2Cl)S(=O)[O-])s1. The first kappa shape index (κ1) is 15.9. The van der Waals surface area contributed by atoms with Gasteiger partial charge in [-0.1, -0.05) is 29.8 Å². The summed E-state index contributed by atoms with van der Waals surface area (Å²) in [6, 6.07) is 6.77. The van der Waals surface area contributed by atoms with Crippen molar-refractivity contribution in [3.8, 4) is 0 Å². The first-order chi connectivity index (χ1) is 9.90. The predicted molar refractivity (Wildman–Crippen MR) is 80.4 cm³/mol. The molecule has 1 atom stereocenters. The zero-order chi connectivity index (χ0) is 15.6. The molecule has 9 heteroatoms. The first-order valence-corrected chi connectivity index (χ1v) is 7.94. The highest BCUT2D eigenvalue weighted by molar-refractivity contribution is 7.80. The van der Waals surface area contributed by atoms with Gasteiger partial charge in [-0.25, -0.2) is 9.78 Å². The van der Waals surface area contributed by atoms with Crippen LogP contribution in [-0.2, 0) is 17.8 Å². The summed E-state index contributed by atoms with van der Waals surface area (Å²) in [6.45, 7) is 1.56. The number of anilines is 1. The predicted octanol–water partition coefficient (Wildman–Crippen LogP) is 2.60. The molecule has 1 N–H and O–H groups in total. The largest absolute Gasteiger partial charge is 0.755 e. The number of aromatic carboxylic acids is 1. The molecular weight excluding hydrogens is 336 g/mol. The number of rotatable bonds is 5. The minimum atomic E-state index is -2.64. The number of hydrogen-bond donors (Lipinski definition) is 1. The van der Waals surface area contributed by atoms with Gasteiger partial charge in [-0.05, 0) is 18.6 Å². The van der Waals surface area contributed by atoms with Crippen molar-refractivity contribution in [2.45, 2.75) is 13.5 Å². The van der Waals surface area contributed by atoms with Crippen LogP contribution < -0.4 is 4.31 Å². The Bertz CT molecular complexity index is 704. The number of halogens is 1. The fourth-order valence-corrected chi connectivity index (χ4v) is 3.47. The van der Waals surface area contributed by atoms with Crippen LogP contribution in [0.4, 0.5) is 5.00 Å². The lowest BCUT2D eigenvalue weighted by molar-refractivity contribution is 0.0692.